The molecule has 0 aliphatic heterocycles. The molecule has 0 bridgehead atoms. The maximum atomic E-state index is 11.9. The molecule has 128 valence electrons. The fourth-order valence-electron chi connectivity index (χ4n) is 2.46. The molecule has 0 fully saturated rings. The van der Waals surface area contributed by atoms with Crippen LogP contribution in [0.5, 0.6) is 0 Å². The summed E-state index contributed by atoms with van der Waals surface area (Å²) in [5, 5.41) is 5.32. The zero-order valence-electron chi connectivity index (χ0n) is 13.7. The first-order valence-electron chi connectivity index (χ1n) is 8.10. The monoisotopic (exact) mass is 330 g/mol. The molecule has 1 aromatic carbocycles. The van der Waals surface area contributed by atoms with Gasteiger partial charge in [0.25, 0.3) is 11.8 Å². The van der Waals surface area contributed by atoms with E-state index in [2.05, 4.69) is 10.6 Å². The molecule has 0 saturated heterocycles. The number of allylic oxidation sites excluding steroid dienone is 2. The van der Waals surface area contributed by atoms with E-state index in [1.165, 1.54) is 0 Å². The summed E-state index contributed by atoms with van der Waals surface area (Å²) in [6.45, 7) is 2.03. The SMILES string of the molecule is CCNC(=O)c1cccc(NC(=O)COC(=O)[C@@H]2CC=CCC2)c1. The fourth-order valence-corrected chi connectivity index (χ4v) is 2.46. The molecule has 0 radical (unpaired) electrons. The summed E-state index contributed by atoms with van der Waals surface area (Å²) in [5.41, 5.74) is 0.945. The second-order valence-electron chi connectivity index (χ2n) is 5.58. The lowest BCUT2D eigenvalue weighted by atomic mass is 9.95. The lowest BCUT2D eigenvalue weighted by Gasteiger charge is -2.16. The Morgan fingerprint density at radius 1 is 1.25 bits per heavy atom. The van der Waals surface area contributed by atoms with Crippen molar-refractivity contribution in [2.24, 2.45) is 5.92 Å². The van der Waals surface area contributed by atoms with Crippen LogP contribution in [0.1, 0.15) is 36.5 Å². The van der Waals surface area contributed by atoms with Gasteiger partial charge in [0.2, 0.25) is 0 Å². The summed E-state index contributed by atoms with van der Waals surface area (Å²) in [7, 11) is 0. The number of nitrogens with one attached hydrogen (secondary N) is 2. The molecule has 1 aliphatic carbocycles. The smallest absolute Gasteiger partial charge is 0.309 e. The molecule has 0 aromatic heterocycles. The van der Waals surface area contributed by atoms with Crippen molar-refractivity contribution in [1.29, 1.82) is 0 Å². The van der Waals surface area contributed by atoms with E-state index < -0.39 is 5.91 Å². The van der Waals surface area contributed by atoms with Crippen molar-refractivity contribution in [1.82, 2.24) is 5.32 Å². The third-order valence-electron chi connectivity index (χ3n) is 3.69. The van der Waals surface area contributed by atoms with Crippen LogP contribution in [0.3, 0.4) is 0 Å². The summed E-state index contributed by atoms with van der Waals surface area (Å²) in [6, 6.07) is 6.60. The third-order valence-corrected chi connectivity index (χ3v) is 3.69. The van der Waals surface area contributed by atoms with E-state index in [1.54, 1.807) is 24.3 Å². The van der Waals surface area contributed by atoms with Crippen LogP contribution >= 0.6 is 0 Å². The van der Waals surface area contributed by atoms with Crippen LogP contribution in [0.15, 0.2) is 36.4 Å². The van der Waals surface area contributed by atoms with Crippen LogP contribution in [-0.2, 0) is 14.3 Å². The Morgan fingerprint density at radius 2 is 2.08 bits per heavy atom. The van der Waals surface area contributed by atoms with E-state index in [9.17, 15) is 14.4 Å². The lowest BCUT2D eigenvalue weighted by Crippen LogP contribution is -2.25. The molecule has 2 rings (SSSR count). The van der Waals surface area contributed by atoms with Gasteiger partial charge in [0.1, 0.15) is 0 Å². The Labute approximate surface area is 141 Å². The molecule has 2 amide bonds. The number of amides is 2. The Morgan fingerprint density at radius 3 is 2.79 bits per heavy atom. The predicted molar refractivity (Wildman–Crippen MR) is 90.5 cm³/mol. The number of rotatable bonds is 6. The van der Waals surface area contributed by atoms with Gasteiger partial charge in [-0.2, -0.15) is 0 Å². The second kappa shape index (κ2) is 8.86. The molecule has 24 heavy (non-hydrogen) atoms. The number of ether oxygens (including phenoxy) is 1. The predicted octanol–water partition coefficient (Wildman–Crippen LogP) is 2.27. The van der Waals surface area contributed by atoms with Crippen LogP contribution < -0.4 is 10.6 Å². The lowest BCUT2D eigenvalue weighted by molar-refractivity contribution is -0.151. The van der Waals surface area contributed by atoms with Gasteiger partial charge in [0, 0.05) is 17.8 Å². The fraction of sp³-hybridized carbons (Fsp3) is 0.389. The van der Waals surface area contributed by atoms with Crippen molar-refractivity contribution in [3.05, 3.63) is 42.0 Å². The number of hydrogen-bond acceptors (Lipinski definition) is 4. The van der Waals surface area contributed by atoms with E-state index in [-0.39, 0.29) is 24.4 Å². The van der Waals surface area contributed by atoms with Gasteiger partial charge < -0.3 is 15.4 Å². The molecule has 0 unspecified atom stereocenters. The van der Waals surface area contributed by atoms with Crippen LogP contribution in [0.4, 0.5) is 5.69 Å². The first-order chi connectivity index (χ1) is 11.6. The van der Waals surface area contributed by atoms with Crippen molar-refractivity contribution >= 4 is 23.5 Å². The second-order valence-corrected chi connectivity index (χ2v) is 5.58. The molecular formula is C18H22N2O4. The largest absolute Gasteiger partial charge is 0.455 e. The highest BCUT2D eigenvalue weighted by atomic mass is 16.5. The summed E-state index contributed by atoms with van der Waals surface area (Å²) in [6.07, 6.45) is 6.28. The standard InChI is InChI=1S/C18H22N2O4/c1-2-19-17(22)14-9-6-10-15(11-14)20-16(21)12-24-18(23)13-7-4-3-5-8-13/h3-4,6,9-11,13H,2,5,7-8,12H2,1H3,(H,19,22)(H,20,21)/t13-/m1/s1. The molecule has 0 spiro atoms. The summed E-state index contributed by atoms with van der Waals surface area (Å²) in [5.74, 6) is -1.14. The maximum Gasteiger partial charge on any atom is 0.309 e. The van der Waals surface area contributed by atoms with Gasteiger partial charge in [-0.3, -0.25) is 14.4 Å². The minimum Gasteiger partial charge on any atom is -0.455 e. The van der Waals surface area contributed by atoms with Crippen molar-refractivity contribution in [3.63, 3.8) is 0 Å². The first-order valence-corrected chi connectivity index (χ1v) is 8.10. The molecule has 1 aromatic rings. The number of hydrogen-bond donors (Lipinski definition) is 2. The highest BCUT2D eigenvalue weighted by Crippen LogP contribution is 2.19. The molecule has 0 heterocycles. The number of anilines is 1. The van der Waals surface area contributed by atoms with E-state index in [0.717, 1.165) is 12.8 Å². The zero-order chi connectivity index (χ0) is 17.4. The number of carbonyl (C=O) groups excluding carboxylic acids is 3. The topological polar surface area (TPSA) is 84.5 Å². The molecule has 0 saturated carbocycles. The van der Waals surface area contributed by atoms with Gasteiger partial charge in [-0.05, 0) is 44.4 Å². The minimum atomic E-state index is -0.428. The van der Waals surface area contributed by atoms with E-state index in [0.29, 0.717) is 24.2 Å². The normalized spacial score (nSPS) is 16.3. The van der Waals surface area contributed by atoms with Crippen molar-refractivity contribution in [2.45, 2.75) is 26.2 Å². The van der Waals surface area contributed by atoms with Gasteiger partial charge in [-0.1, -0.05) is 18.2 Å². The molecule has 2 N–H and O–H groups in total. The Balaban J connectivity index is 1.83. The molecule has 1 atom stereocenters. The quantitative estimate of drug-likeness (QED) is 0.619. The first kappa shape index (κ1) is 17.7. The molecule has 1 aliphatic rings. The van der Waals surface area contributed by atoms with E-state index in [1.807, 2.05) is 19.1 Å². The average Bonchev–Trinajstić information content (AvgIpc) is 2.61. The zero-order valence-corrected chi connectivity index (χ0v) is 13.7. The van der Waals surface area contributed by atoms with E-state index in [4.69, 9.17) is 4.74 Å². The van der Waals surface area contributed by atoms with Gasteiger partial charge in [0.05, 0.1) is 5.92 Å². The van der Waals surface area contributed by atoms with Gasteiger partial charge in [-0.25, -0.2) is 0 Å². The van der Waals surface area contributed by atoms with Crippen molar-refractivity contribution < 1.29 is 19.1 Å². The van der Waals surface area contributed by atoms with Crippen LogP contribution in [0, 0.1) is 5.92 Å². The van der Waals surface area contributed by atoms with Crippen molar-refractivity contribution in [3.8, 4) is 0 Å². The number of esters is 1. The Kier molecular flexibility index (Phi) is 6.54. The Hall–Kier alpha value is -2.63. The van der Waals surface area contributed by atoms with Crippen LogP contribution in [0.25, 0.3) is 0 Å². The van der Waals surface area contributed by atoms with Gasteiger partial charge in [0.15, 0.2) is 6.61 Å². The van der Waals surface area contributed by atoms with E-state index >= 15 is 0 Å². The third kappa shape index (κ3) is 5.22. The average molecular weight is 330 g/mol. The summed E-state index contributed by atoms with van der Waals surface area (Å²) in [4.78, 5) is 35.6. The number of carbonyl (C=O) groups is 3. The molecular weight excluding hydrogens is 308 g/mol. The maximum absolute atomic E-state index is 11.9. The van der Waals surface area contributed by atoms with Gasteiger partial charge in [-0.15, -0.1) is 0 Å². The highest BCUT2D eigenvalue weighted by molar-refractivity contribution is 5.97. The van der Waals surface area contributed by atoms with Crippen LogP contribution in [-0.4, -0.2) is 30.9 Å². The summed E-state index contributed by atoms with van der Waals surface area (Å²) >= 11 is 0. The molecule has 6 heteroatoms. The van der Waals surface area contributed by atoms with Gasteiger partial charge >= 0.3 is 5.97 Å². The van der Waals surface area contributed by atoms with Crippen LogP contribution in [0.2, 0.25) is 0 Å². The highest BCUT2D eigenvalue weighted by Gasteiger charge is 2.21. The molecule has 6 nitrogen and oxygen atoms in total. The number of benzene rings is 1. The minimum absolute atomic E-state index is 0.163. The summed E-state index contributed by atoms with van der Waals surface area (Å²) < 4.78 is 5.07. The van der Waals surface area contributed by atoms with Crippen molar-refractivity contribution in [2.75, 3.05) is 18.5 Å². The Bertz CT molecular complexity index is 640.